The van der Waals surface area contributed by atoms with Crippen molar-refractivity contribution >= 4 is 57.2 Å². The van der Waals surface area contributed by atoms with Crippen LogP contribution in [0.4, 0.5) is 16.5 Å². The topological polar surface area (TPSA) is 112 Å². The van der Waals surface area contributed by atoms with Gasteiger partial charge in [0.15, 0.2) is 5.13 Å². The monoisotopic (exact) mass is 484 g/mol. The molecule has 1 aromatic heterocycles. The van der Waals surface area contributed by atoms with Crippen molar-refractivity contribution in [3.8, 4) is 0 Å². The Hall–Kier alpha value is -3.43. The van der Waals surface area contributed by atoms with Crippen LogP contribution in [0.5, 0.6) is 0 Å². The van der Waals surface area contributed by atoms with Crippen LogP contribution in [0.3, 0.4) is 0 Å². The number of amides is 2. The summed E-state index contributed by atoms with van der Waals surface area (Å²) in [6.45, 7) is 2.49. The summed E-state index contributed by atoms with van der Waals surface area (Å²) in [6, 6.07) is 12.3. The van der Waals surface area contributed by atoms with Crippen LogP contribution in [-0.4, -0.2) is 45.9 Å². The van der Waals surface area contributed by atoms with Crippen molar-refractivity contribution in [3.63, 3.8) is 0 Å². The fourth-order valence-corrected chi connectivity index (χ4v) is 4.59. The molecule has 1 aliphatic heterocycles. The highest BCUT2D eigenvalue weighted by molar-refractivity contribution is 7.17. The molecular weight excluding hydrogens is 464 g/mol. The Kier molecular flexibility index (Phi) is 6.62. The first-order valence-electron chi connectivity index (χ1n) is 10.2. The van der Waals surface area contributed by atoms with Crippen molar-refractivity contribution in [3.05, 3.63) is 69.7 Å². The van der Waals surface area contributed by atoms with Gasteiger partial charge in [-0.3, -0.25) is 14.4 Å². The molecule has 10 heteroatoms. The molecule has 3 aromatic rings. The summed E-state index contributed by atoms with van der Waals surface area (Å²) in [6.07, 6.45) is 1.93. The Morgan fingerprint density at radius 2 is 2.00 bits per heavy atom. The fraction of sp³-hybridized carbons (Fsp3) is 0.217. The number of aliphatic carboxylic acids is 1. The van der Waals surface area contributed by atoms with Gasteiger partial charge in [0, 0.05) is 24.3 Å². The van der Waals surface area contributed by atoms with E-state index in [2.05, 4.69) is 15.6 Å². The molecule has 170 valence electrons. The number of nitrogens with zero attached hydrogens (tertiary/aromatic N) is 2. The van der Waals surface area contributed by atoms with Crippen LogP contribution in [0.15, 0.2) is 48.7 Å². The van der Waals surface area contributed by atoms with Crippen molar-refractivity contribution in [2.75, 3.05) is 23.7 Å². The smallest absolute Gasteiger partial charge is 0.308 e. The zero-order valence-electron chi connectivity index (χ0n) is 17.7. The van der Waals surface area contributed by atoms with Crippen molar-refractivity contribution < 1.29 is 19.5 Å². The molecule has 2 heterocycles. The number of aromatic nitrogens is 1. The van der Waals surface area contributed by atoms with E-state index in [0.29, 0.717) is 44.9 Å². The third-order valence-electron chi connectivity index (χ3n) is 5.38. The summed E-state index contributed by atoms with van der Waals surface area (Å²) >= 11 is 7.36. The van der Waals surface area contributed by atoms with E-state index >= 15 is 0 Å². The van der Waals surface area contributed by atoms with Gasteiger partial charge in [-0.2, -0.15) is 0 Å². The number of hydrogen-bond acceptors (Lipinski definition) is 6. The summed E-state index contributed by atoms with van der Waals surface area (Å²) in [7, 11) is 0. The van der Waals surface area contributed by atoms with Crippen LogP contribution < -0.4 is 10.6 Å². The van der Waals surface area contributed by atoms with Gasteiger partial charge in [0.1, 0.15) is 4.88 Å². The standard InChI is InChI=1S/C23H21ClN4O4S/c1-13-4-2-7-17(24)19(13)27-20(29)18-11-25-23(33-18)26-16-6-3-5-14(10-16)21(30)28-9-8-15(12-28)22(31)32/h2-7,10-11,15H,8-9,12H2,1H3,(H,25,26)(H,27,29)(H,31,32)/t15-/m1/s1. The Bertz CT molecular complexity index is 1210. The van der Waals surface area contributed by atoms with Crippen LogP contribution >= 0.6 is 22.9 Å². The molecule has 0 saturated carbocycles. The first kappa shape index (κ1) is 22.8. The number of carbonyl (C=O) groups is 3. The van der Waals surface area contributed by atoms with E-state index in [-0.39, 0.29) is 18.4 Å². The highest BCUT2D eigenvalue weighted by Gasteiger charge is 2.31. The number of rotatable bonds is 6. The number of likely N-dealkylation sites (tertiary alicyclic amines) is 1. The lowest BCUT2D eigenvalue weighted by Gasteiger charge is -2.16. The summed E-state index contributed by atoms with van der Waals surface area (Å²) < 4.78 is 0. The Labute approximate surface area is 199 Å². The number of hydrogen-bond donors (Lipinski definition) is 3. The van der Waals surface area contributed by atoms with Gasteiger partial charge < -0.3 is 20.6 Å². The van der Waals surface area contributed by atoms with Gasteiger partial charge in [0.05, 0.1) is 22.8 Å². The van der Waals surface area contributed by atoms with Crippen LogP contribution in [0, 0.1) is 12.8 Å². The second kappa shape index (κ2) is 9.60. The number of halogens is 1. The van der Waals surface area contributed by atoms with E-state index in [1.54, 1.807) is 35.2 Å². The lowest BCUT2D eigenvalue weighted by atomic mass is 10.1. The van der Waals surface area contributed by atoms with Crippen LogP contribution in [0.1, 0.15) is 32.0 Å². The molecule has 0 radical (unpaired) electrons. The number of carboxylic acids is 1. The number of thiazole rings is 1. The minimum absolute atomic E-state index is 0.210. The minimum atomic E-state index is -0.881. The third-order valence-corrected chi connectivity index (χ3v) is 6.60. The number of carbonyl (C=O) groups excluding carboxylic acids is 2. The number of benzene rings is 2. The van der Waals surface area contributed by atoms with E-state index in [9.17, 15) is 14.4 Å². The summed E-state index contributed by atoms with van der Waals surface area (Å²) in [5, 5.41) is 16.0. The normalized spacial score (nSPS) is 15.3. The molecule has 3 N–H and O–H groups in total. The van der Waals surface area contributed by atoms with Gasteiger partial charge in [-0.05, 0) is 43.2 Å². The van der Waals surface area contributed by atoms with E-state index in [0.717, 1.165) is 5.56 Å². The summed E-state index contributed by atoms with van der Waals surface area (Å²) in [5.74, 6) is -1.93. The number of nitrogens with one attached hydrogen (secondary N) is 2. The highest BCUT2D eigenvalue weighted by Crippen LogP contribution is 2.28. The second-order valence-corrected chi connectivity index (χ2v) is 9.13. The molecule has 0 spiro atoms. The lowest BCUT2D eigenvalue weighted by molar-refractivity contribution is -0.141. The third kappa shape index (κ3) is 5.15. The van der Waals surface area contributed by atoms with Crippen LogP contribution in [-0.2, 0) is 4.79 Å². The molecule has 2 amide bonds. The molecule has 0 aliphatic carbocycles. The first-order valence-corrected chi connectivity index (χ1v) is 11.4. The molecule has 1 fully saturated rings. The predicted octanol–water partition coefficient (Wildman–Crippen LogP) is 4.65. The average Bonchev–Trinajstić information content (AvgIpc) is 3.46. The molecule has 0 bridgehead atoms. The van der Waals surface area contributed by atoms with Gasteiger partial charge in [0.25, 0.3) is 11.8 Å². The lowest BCUT2D eigenvalue weighted by Crippen LogP contribution is -2.29. The van der Waals surface area contributed by atoms with E-state index < -0.39 is 11.9 Å². The molecule has 4 rings (SSSR count). The zero-order chi connectivity index (χ0) is 23.5. The number of para-hydroxylation sites is 1. The SMILES string of the molecule is Cc1cccc(Cl)c1NC(=O)c1cnc(Nc2cccc(C(=O)N3CC[C@@H](C(=O)O)C3)c2)s1. The van der Waals surface area contributed by atoms with Crippen molar-refractivity contribution in [1.29, 1.82) is 0 Å². The summed E-state index contributed by atoms with van der Waals surface area (Å²) in [5.41, 5.74) is 2.51. The Balaban J connectivity index is 1.43. The van der Waals surface area contributed by atoms with Crippen molar-refractivity contribution in [1.82, 2.24) is 9.88 Å². The van der Waals surface area contributed by atoms with Gasteiger partial charge in [-0.25, -0.2) is 4.98 Å². The van der Waals surface area contributed by atoms with E-state index in [4.69, 9.17) is 16.7 Å². The fourth-order valence-electron chi connectivity index (χ4n) is 3.58. The van der Waals surface area contributed by atoms with Crippen LogP contribution in [0.25, 0.3) is 0 Å². The first-order chi connectivity index (χ1) is 15.8. The van der Waals surface area contributed by atoms with E-state index in [1.165, 1.54) is 17.5 Å². The second-order valence-electron chi connectivity index (χ2n) is 7.70. The average molecular weight is 485 g/mol. The van der Waals surface area contributed by atoms with Gasteiger partial charge in [-0.15, -0.1) is 0 Å². The van der Waals surface area contributed by atoms with Crippen molar-refractivity contribution in [2.45, 2.75) is 13.3 Å². The molecular formula is C23H21ClN4O4S. The largest absolute Gasteiger partial charge is 0.481 e. The van der Waals surface area contributed by atoms with E-state index in [1.807, 2.05) is 19.1 Å². The highest BCUT2D eigenvalue weighted by atomic mass is 35.5. The van der Waals surface area contributed by atoms with Crippen molar-refractivity contribution in [2.24, 2.45) is 5.92 Å². The van der Waals surface area contributed by atoms with Crippen LogP contribution in [0.2, 0.25) is 5.02 Å². The summed E-state index contributed by atoms with van der Waals surface area (Å²) in [4.78, 5) is 42.8. The number of carboxylic acid groups (broad SMARTS) is 1. The molecule has 8 nitrogen and oxygen atoms in total. The molecule has 1 saturated heterocycles. The Morgan fingerprint density at radius 1 is 1.21 bits per heavy atom. The maximum atomic E-state index is 12.8. The molecule has 1 atom stereocenters. The molecule has 2 aromatic carbocycles. The Morgan fingerprint density at radius 3 is 2.73 bits per heavy atom. The predicted molar refractivity (Wildman–Crippen MR) is 128 cm³/mol. The maximum Gasteiger partial charge on any atom is 0.308 e. The quantitative estimate of drug-likeness (QED) is 0.469. The maximum absolute atomic E-state index is 12.8. The minimum Gasteiger partial charge on any atom is -0.481 e. The van der Waals surface area contributed by atoms with Gasteiger partial charge >= 0.3 is 5.97 Å². The molecule has 0 unspecified atom stereocenters. The molecule has 33 heavy (non-hydrogen) atoms. The number of anilines is 3. The van der Waals surface area contributed by atoms with Gasteiger partial charge in [0.2, 0.25) is 0 Å². The number of aryl methyl sites for hydroxylation is 1. The van der Waals surface area contributed by atoms with Gasteiger partial charge in [-0.1, -0.05) is 41.1 Å². The zero-order valence-corrected chi connectivity index (χ0v) is 19.2. The molecule has 1 aliphatic rings.